The molecule has 0 bridgehead atoms. The van der Waals surface area contributed by atoms with Gasteiger partial charge in [-0.25, -0.2) is 4.98 Å². The number of amidine groups is 1. The van der Waals surface area contributed by atoms with Gasteiger partial charge in [0.2, 0.25) is 0 Å². The molecule has 0 atom stereocenters. The number of anilines is 1. The molecule has 1 aromatic heterocycles. The zero-order valence-corrected chi connectivity index (χ0v) is 25.4. The van der Waals surface area contributed by atoms with Crippen LogP contribution in [0.5, 0.6) is 0 Å². The summed E-state index contributed by atoms with van der Waals surface area (Å²) in [7, 11) is 6.59. The molecule has 4 rings (SSSR count). The van der Waals surface area contributed by atoms with Gasteiger partial charge in [0.05, 0.1) is 22.6 Å². The fraction of sp³-hybridized carbons (Fsp3) is 0.333. The van der Waals surface area contributed by atoms with Gasteiger partial charge in [-0.15, -0.1) is 0 Å². The van der Waals surface area contributed by atoms with Gasteiger partial charge >= 0.3 is 28.2 Å². The van der Waals surface area contributed by atoms with Crippen LogP contribution in [0.15, 0.2) is 54.6 Å². The Morgan fingerprint density at radius 2 is 1.61 bits per heavy atom. The van der Waals surface area contributed by atoms with E-state index < -0.39 is 0 Å². The van der Waals surface area contributed by atoms with E-state index in [1.165, 1.54) is 22.8 Å². The number of rotatable bonds is 5. The number of nitrogens with two attached hydrogens (primary N) is 2. The van der Waals surface area contributed by atoms with E-state index in [1.807, 2.05) is 18.9 Å². The second kappa shape index (κ2) is 18.3. The largest absolute Gasteiger partial charge is 0.693 e. The van der Waals surface area contributed by atoms with Gasteiger partial charge in [-0.2, -0.15) is 0 Å². The first-order valence-electron chi connectivity index (χ1n) is 11.4. The zero-order chi connectivity index (χ0) is 24.4. The maximum Gasteiger partial charge on any atom is -0.693 e. The molecule has 6 N–H and O–H groups in total. The fourth-order valence-electron chi connectivity index (χ4n) is 3.73. The number of halogens is 2. The third-order valence-electron chi connectivity index (χ3n) is 5.37. The van der Waals surface area contributed by atoms with E-state index in [9.17, 15) is 0 Å². The molecule has 0 saturated carbocycles. The van der Waals surface area contributed by atoms with Crippen LogP contribution in [0.4, 0.5) is 5.69 Å². The molecule has 0 aliphatic carbocycles. The maximum atomic E-state index is 8.00. The number of nitrogens with zero attached hydrogens (tertiary/aromatic N) is 2. The molecule has 203 valence electrons. The predicted octanol–water partition coefficient (Wildman–Crippen LogP) is 6.12. The summed E-state index contributed by atoms with van der Waals surface area (Å²) < 4.78 is 0. The van der Waals surface area contributed by atoms with Crippen LogP contribution in [0.1, 0.15) is 39.2 Å². The van der Waals surface area contributed by atoms with Crippen LogP contribution in [0.2, 0.25) is 0 Å². The number of benzene rings is 3. The van der Waals surface area contributed by atoms with E-state index in [0.29, 0.717) is 5.84 Å². The van der Waals surface area contributed by atoms with Crippen molar-refractivity contribution in [3.8, 4) is 0 Å². The van der Waals surface area contributed by atoms with E-state index in [1.54, 1.807) is 18.8 Å². The van der Waals surface area contributed by atoms with Crippen LogP contribution < -0.4 is 17.7 Å². The molecule has 3 aromatic carbocycles. The van der Waals surface area contributed by atoms with Crippen molar-refractivity contribution in [3.63, 3.8) is 0 Å². The van der Waals surface area contributed by atoms with Crippen molar-refractivity contribution in [1.29, 1.82) is 5.41 Å². The van der Waals surface area contributed by atoms with Crippen LogP contribution in [-0.2, 0) is 18.8 Å². The van der Waals surface area contributed by atoms with Gasteiger partial charge in [0.1, 0.15) is 0 Å². The zero-order valence-electron chi connectivity index (χ0n) is 21.6. The minimum Gasteiger partial charge on any atom is -0.693 e. The fourth-order valence-corrected chi connectivity index (χ4v) is 3.73. The number of hydrogen-bond acceptors (Lipinski definition) is 3. The molecule has 6 nitrogen and oxygen atoms in total. The first-order chi connectivity index (χ1) is 16.0. The van der Waals surface area contributed by atoms with Crippen molar-refractivity contribution in [2.75, 3.05) is 25.5 Å². The third kappa shape index (κ3) is 8.86. The Kier molecular flexibility index (Phi) is 18.4. The smallest absolute Gasteiger partial charge is 0.693 e. The van der Waals surface area contributed by atoms with Gasteiger partial charge in [0.15, 0.2) is 0 Å². The molecule has 1 heterocycles. The van der Waals surface area contributed by atoms with Crippen molar-refractivity contribution in [1.82, 2.24) is 9.88 Å². The number of hydrogen-bond donors (Lipinski definition) is 2. The quantitative estimate of drug-likeness (QED) is 0.112. The number of likely N-dealkylation sites (N-methyl/N-ethyl adjacent to an activating group) is 1. The third-order valence-corrected chi connectivity index (χ3v) is 5.37. The molecule has 0 aliphatic rings. The van der Waals surface area contributed by atoms with Crippen molar-refractivity contribution in [2.24, 2.45) is 0 Å². The number of fused-ring (bicyclic) bond motifs is 4. The minimum absolute atomic E-state index is 0. The molecule has 9 heteroatoms. The van der Waals surface area contributed by atoms with Crippen molar-refractivity contribution < 1.29 is 31.2 Å². The van der Waals surface area contributed by atoms with Crippen molar-refractivity contribution in [3.05, 3.63) is 72.5 Å². The molecule has 0 radical (unpaired) electrons. The summed E-state index contributed by atoms with van der Waals surface area (Å²) in [6, 6.07) is 19.2. The summed E-state index contributed by atoms with van der Waals surface area (Å²) in [6.07, 6.45) is 2.00. The van der Waals surface area contributed by atoms with E-state index in [0.717, 1.165) is 47.0 Å². The Labute approximate surface area is 237 Å². The molecule has 4 aromatic rings. The van der Waals surface area contributed by atoms with E-state index >= 15 is 0 Å². The summed E-state index contributed by atoms with van der Waals surface area (Å²) in [5.41, 5.74) is 4.39. The number of nitrogens with one attached hydrogen (secondary N) is 2. The molecule has 0 amide bonds. The first-order valence-corrected chi connectivity index (χ1v) is 14.2. The molecule has 0 saturated heterocycles. The summed E-state index contributed by atoms with van der Waals surface area (Å²) in [5.74, 6) is 0.660. The monoisotopic (exact) mass is 711 g/mol. The maximum absolute atomic E-state index is 8.00. The Morgan fingerprint density at radius 3 is 2.25 bits per heavy atom. The SMILES string of the molecule is CCC.CCC(=N)N(C)CCNc1c2cc(C)ccc2nc2c1ccc1ccccc12.[Cl-].[Cl][Pt].[NH2-].[NH2-]. The Balaban J connectivity index is 0. The molecule has 36 heavy (non-hydrogen) atoms. The Hall–Kier alpha value is -1.95. The van der Waals surface area contributed by atoms with Crippen LogP contribution in [-0.4, -0.2) is 35.9 Å². The molecular formula is C27H38Cl2N6Pt-3. The standard InChI is InChI=1S/C24H26N4.C3H8.2ClH.2H2N.Pt/c1-4-22(25)28(3)14-13-26-23-19-11-10-17-7-5-6-8-18(17)24(19)27-21-12-9-16(2)15-20(21)23;1-3-2;;;;;/h5-12,15,25H,4,13-14H2,1-3H3,(H,26,27);3H2,1-2H3;2*1H;2*1H2;/q;;;;2*-1;+1/p-2. The second-order valence-corrected chi connectivity index (χ2v) is 8.05. The molecular weight excluding hydrogens is 674 g/mol. The number of aromatic nitrogens is 1. The molecule has 0 fully saturated rings. The average Bonchev–Trinajstić information content (AvgIpc) is 2.84. The van der Waals surface area contributed by atoms with Gasteiger partial charge in [-0.05, 0) is 24.4 Å². The molecule has 0 spiro atoms. The topological polar surface area (TPSA) is 119 Å². The van der Waals surface area contributed by atoms with Crippen LogP contribution in [0, 0.1) is 12.3 Å². The van der Waals surface area contributed by atoms with Gasteiger partial charge in [0, 0.05) is 42.7 Å². The van der Waals surface area contributed by atoms with Crippen LogP contribution in [0.25, 0.3) is 44.9 Å². The average molecular weight is 713 g/mol. The number of pyridine rings is 1. The van der Waals surface area contributed by atoms with Crippen LogP contribution in [0.3, 0.4) is 0 Å². The van der Waals surface area contributed by atoms with Crippen molar-refractivity contribution in [2.45, 2.75) is 40.5 Å². The van der Waals surface area contributed by atoms with Gasteiger partial charge in [-0.3, -0.25) is 5.41 Å². The predicted molar refractivity (Wildman–Crippen MR) is 153 cm³/mol. The van der Waals surface area contributed by atoms with Crippen molar-refractivity contribution >= 4 is 53.5 Å². The Bertz CT molecular complexity index is 1220. The summed E-state index contributed by atoms with van der Waals surface area (Å²) >= 11 is 1.61. The van der Waals surface area contributed by atoms with E-state index in [4.69, 9.17) is 10.4 Å². The van der Waals surface area contributed by atoms with Gasteiger partial charge in [0.25, 0.3) is 0 Å². The van der Waals surface area contributed by atoms with Crippen LogP contribution >= 0.6 is 9.42 Å². The molecule has 0 unspecified atom stereocenters. The van der Waals surface area contributed by atoms with E-state index in [-0.39, 0.29) is 24.7 Å². The molecule has 0 aliphatic heterocycles. The summed E-state index contributed by atoms with van der Waals surface area (Å²) in [6.45, 7) is 9.94. The van der Waals surface area contributed by atoms with Gasteiger partial charge in [-0.1, -0.05) is 75.2 Å². The normalized spacial score (nSPS) is 9.44. The van der Waals surface area contributed by atoms with Gasteiger partial charge < -0.3 is 34.9 Å². The van der Waals surface area contributed by atoms with E-state index in [2.05, 4.69) is 90.1 Å². The minimum atomic E-state index is 0. The Morgan fingerprint density at radius 1 is 0.972 bits per heavy atom. The second-order valence-electron chi connectivity index (χ2n) is 8.05. The summed E-state index contributed by atoms with van der Waals surface area (Å²) in [5, 5.41) is 16.3. The number of aryl methyl sites for hydroxylation is 1. The first kappa shape index (κ1) is 36.2. The summed E-state index contributed by atoms with van der Waals surface area (Å²) in [4.78, 5) is 7.01.